The first kappa shape index (κ1) is 48.8. The van der Waals surface area contributed by atoms with Gasteiger partial charge in [0, 0.05) is 22.7 Å². The molecule has 0 spiro atoms. The van der Waals surface area contributed by atoms with Gasteiger partial charge >= 0.3 is 0 Å². The van der Waals surface area contributed by atoms with Crippen LogP contribution in [-0.4, -0.2) is 0 Å². The van der Waals surface area contributed by atoms with Gasteiger partial charge in [-0.25, -0.2) is 0 Å². The molecule has 0 radical (unpaired) electrons. The zero-order valence-corrected chi connectivity index (χ0v) is 43.4. The summed E-state index contributed by atoms with van der Waals surface area (Å²) in [5.41, 5.74) is 29.9. The summed E-state index contributed by atoms with van der Waals surface area (Å²) in [6, 6.07) is 57.2. The minimum absolute atomic E-state index is 1.13. The highest BCUT2D eigenvalue weighted by molar-refractivity contribution is 5.86. The first-order chi connectivity index (χ1) is 33.7. The zero-order chi connectivity index (χ0) is 49.6. The summed E-state index contributed by atoms with van der Waals surface area (Å²) >= 11 is 0. The van der Waals surface area contributed by atoms with Crippen LogP contribution in [0, 0.1) is 69.2 Å². The molecule has 0 bridgehead atoms. The van der Waals surface area contributed by atoms with Gasteiger partial charge in [0.1, 0.15) is 0 Å². The van der Waals surface area contributed by atoms with E-state index in [4.69, 9.17) is 0 Å². The SMILES string of the molecule is C/C(=C\C=C\c1ccc(N(c2ccc(-c3ccc(N(c4ccc(/C=C/C=C(\C)c5ccccc5)cc4)c4c(C)c(C)c(C)c(C)c4C)cc3)cc2)c2c(C)c(C)c(C)c(C)c2C)cc1)c1ccccc1. The molecule has 2 nitrogen and oxygen atoms in total. The smallest absolute Gasteiger partial charge is 0.0525 e. The predicted octanol–water partition coefficient (Wildman–Crippen LogP) is 19.6. The second-order valence-corrected chi connectivity index (χ2v) is 19.0. The third kappa shape index (κ3) is 10.2. The summed E-state index contributed by atoms with van der Waals surface area (Å²) < 4.78 is 0. The Bertz CT molecular complexity index is 2970. The lowest BCUT2D eigenvalue weighted by atomic mass is 9.91. The van der Waals surface area contributed by atoms with Crippen LogP contribution in [0.15, 0.2) is 182 Å². The fourth-order valence-corrected chi connectivity index (χ4v) is 9.72. The molecule has 8 aromatic carbocycles. The second-order valence-electron chi connectivity index (χ2n) is 19.0. The normalized spacial score (nSPS) is 12.1. The number of benzene rings is 8. The molecule has 0 fully saturated rings. The Labute approximate surface area is 419 Å². The molecule has 70 heavy (non-hydrogen) atoms. The third-order valence-corrected chi connectivity index (χ3v) is 15.0. The van der Waals surface area contributed by atoms with E-state index < -0.39 is 0 Å². The van der Waals surface area contributed by atoms with E-state index in [0.717, 1.165) is 33.9 Å². The van der Waals surface area contributed by atoms with Crippen LogP contribution in [0.3, 0.4) is 0 Å². The molecular formula is C68H68N2. The highest BCUT2D eigenvalue weighted by Gasteiger charge is 2.23. The van der Waals surface area contributed by atoms with E-state index >= 15 is 0 Å². The van der Waals surface area contributed by atoms with Crippen LogP contribution in [0.25, 0.3) is 34.4 Å². The van der Waals surface area contributed by atoms with Crippen molar-refractivity contribution in [3.8, 4) is 11.1 Å². The lowest BCUT2D eigenvalue weighted by molar-refractivity contribution is 1.13. The maximum absolute atomic E-state index is 2.45. The molecule has 0 saturated heterocycles. The van der Waals surface area contributed by atoms with Crippen LogP contribution in [0.4, 0.5) is 34.1 Å². The van der Waals surface area contributed by atoms with E-state index in [2.05, 4.69) is 287 Å². The molecule has 0 aliphatic heterocycles. The summed E-state index contributed by atoms with van der Waals surface area (Å²) in [4.78, 5) is 4.89. The summed E-state index contributed by atoms with van der Waals surface area (Å²) in [7, 11) is 0. The van der Waals surface area contributed by atoms with Crippen LogP contribution in [0.2, 0.25) is 0 Å². The van der Waals surface area contributed by atoms with Gasteiger partial charge in [-0.15, -0.1) is 0 Å². The number of anilines is 6. The fraction of sp³-hybridized carbons (Fsp3) is 0.176. The fourth-order valence-electron chi connectivity index (χ4n) is 9.72. The minimum Gasteiger partial charge on any atom is -0.310 e. The molecule has 350 valence electrons. The van der Waals surface area contributed by atoms with Crippen molar-refractivity contribution in [1.29, 1.82) is 0 Å². The molecule has 8 aromatic rings. The quantitative estimate of drug-likeness (QED) is 0.106. The highest BCUT2D eigenvalue weighted by atomic mass is 15.2. The second kappa shape index (κ2) is 21.3. The van der Waals surface area contributed by atoms with Crippen molar-refractivity contribution in [2.75, 3.05) is 9.80 Å². The summed E-state index contributed by atoms with van der Waals surface area (Å²) in [6.07, 6.45) is 13.0. The standard InChI is InChI=1S/C68H68N2/c1-45(59-25-15-13-16-26-59)21-19-23-57-29-37-63(38-30-57)69(67-53(9)49(5)47(3)50(6)54(67)10)65-41-33-61(34-42-65)62-35-43-66(44-36-62)70(68-55(11)51(7)48(4)52(8)56(68)12)64-39-31-58(32-40-64)24-20-22-46(2)60-27-17-14-18-28-60/h13-44H,1-12H3/b23-19+,24-20+,45-21+,46-22+. The number of allylic oxidation sites excluding steroid dienone is 6. The van der Waals surface area contributed by atoms with E-state index in [9.17, 15) is 0 Å². The molecule has 0 aromatic heterocycles. The highest BCUT2D eigenvalue weighted by Crippen LogP contribution is 2.45. The number of nitrogens with zero attached hydrogens (tertiary/aromatic N) is 2. The van der Waals surface area contributed by atoms with Crippen LogP contribution in [0.1, 0.15) is 91.7 Å². The van der Waals surface area contributed by atoms with Crippen molar-refractivity contribution in [3.63, 3.8) is 0 Å². The van der Waals surface area contributed by atoms with Gasteiger partial charge < -0.3 is 9.80 Å². The van der Waals surface area contributed by atoms with Gasteiger partial charge in [0.05, 0.1) is 11.4 Å². The Kier molecular flexibility index (Phi) is 14.8. The molecule has 0 aliphatic carbocycles. The lowest BCUT2D eigenvalue weighted by Gasteiger charge is -2.31. The zero-order valence-electron chi connectivity index (χ0n) is 43.4. The molecule has 0 saturated carbocycles. The number of rotatable bonds is 13. The van der Waals surface area contributed by atoms with Crippen LogP contribution in [-0.2, 0) is 0 Å². The van der Waals surface area contributed by atoms with E-state index in [0.29, 0.717) is 0 Å². The Morgan fingerprint density at radius 1 is 0.300 bits per heavy atom. The monoisotopic (exact) mass is 913 g/mol. The summed E-state index contributed by atoms with van der Waals surface area (Å²) in [5.74, 6) is 0. The van der Waals surface area contributed by atoms with Gasteiger partial charge in [0.25, 0.3) is 0 Å². The first-order valence-electron chi connectivity index (χ1n) is 24.7. The van der Waals surface area contributed by atoms with Crippen molar-refractivity contribution in [3.05, 3.63) is 260 Å². The lowest BCUT2D eigenvalue weighted by Crippen LogP contribution is -2.15. The molecule has 2 heteroatoms. The van der Waals surface area contributed by atoms with Gasteiger partial charge in [0.15, 0.2) is 0 Å². The van der Waals surface area contributed by atoms with Crippen LogP contribution in [0.5, 0.6) is 0 Å². The largest absolute Gasteiger partial charge is 0.310 e. The van der Waals surface area contributed by atoms with Crippen molar-refractivity contribution < 1.29 is 0 Å². The molecule has 0 heterocycles. The molecule has 8 rings (SSSR count). The Morgan fingerprint density at radius 2 is 0.557 bits per heavy atom. The number of hydrogen-bond acceptors (Lipinski definition) is 2. The molecule has 0 unspecified atom stereocenters. The summed E-state index contributed by atoms with van der Waals surface area (Å²) in [6.45, 7) is 27.0. The van der Waals surface area contributed by atoms with E-state index in [-0.39, 0.29) is 0 Å². The summed E-state index contributed by atoms with van der Waals surface area (Å²) in [5, 5.41) is 0. The van der Waals surface area contributed by atoms with Gasteiger partial charge in [-0.05, 0) is 232 Å². The van der Waals surface area contributed by atoms with Gasteiger partial charge in [-0.3, -0.25) is 0 Å². The van der Waals surface area contributed by atoms with E-state index in [1.807, 2.05) is 0 Å². The average molecular weight is 913 g/mol. The maximum Gasteiger partial charge on any atom is 0.0525 e. The first-order valence-corrected chi connectivity index (χ1v) is 24.7. The maximum atomic E-state index is 2.45. The third-order valence-electron chi connectivity index (χ3n) is 15.0. The van der Waals surface area contributed by atoms with Gasteiger partial charge in [-0.1, -0.05) is 146 Å². The van der Waals surface area contributed by atoms with Crippen molar-refractivity contribution in [1.82, 2.24) is 0 Å². The molecule has 0 aliphatic rings. The Hall–Kier alpha value is -7.68. The predicted molar refractivity (Wildman–Crippen MR) is 307 cm³/mol. The van der Waals surface area contributed by atoms with Crippen molar-refractivity contribution >= 4 is 57.4 Å². The molecule has 0 N–H and O–H groups in total. The average Bonchev–Trinajstić information content (AvgIpc) is 3.40. The minimum atomic E-state index is 1.13. The van der Waals surface area contributed by atoms with E-state index in [1.54, 1.807) is 0 Å². The van der Waals surface area contributed by atoms with Crippen LogP contribution >= 0.6 is 0 Å². The topological polar surface area (TPSA) is 6.48 Å². The van der Waals surface area contributed by atoms with E-state index in [1.165, 1.54) is 100 Å². The van der Waals surface area contributed by atoms with Crippen LogP contribution < -0.4 is 9.80 Å². The molecule has 0 atom stereocenters. The van der Waals surface area contributed by atoms with Crippen molar-refractivity contribution in [2.24, 2.45) is 0 Å². The Morgan fingerprint density at radius 3 is 0.843 bits per heavy atom. The van der Waals surface area contributed by atoms with Gasteiger partial charge in [0.2, 0.25) is 0 Å². The molecular weight excluding hydrogens is 845 g/mol. The van der Waals surface area contributed by atoms with Crippen molar-refractivity contribution in [2.45, 2.75) is 83.1 Å². The number of hydrogen-bond donors (Lipinski definition) is 0. The Balaban J connectivity index is 1.11. The van der Waals surface area contributed by atoms with Gasteiger partial charge in [-0.2, -0.15) is 0 Å². The molecule has 0 amide bonds.